The van der Waals surface area contributed by atoms with Crippen LogP contribution < -0.4 is 5.32 Å². The molecule has 0 bridgehead atoms. The average Bonchev–Trinajstić information content (AvgIpc) is 2.86. The maximum Gasteiger partial charge on any atom is 0.225 e. The lowest BCUT2D eigenvalue weighted by molar-refractivity contribution is -0.129. The number of hydrogen-bond acceptors (Lipinski definition) is 3. The van der Waals surface area contributed by atoms with Crippen LogP contribution in [0.4, 0.5) is 0 Å². The third kappa shape index (κ3) is 5.52. The highest BCUT2D eigenvalue weighted by molar-refractivity contribution is 6.30. The number of nitrogens with zero attached hydrogens (tertiary/aromatic N) is 2. The van der Waals surface area contributed by atoms with Gasteiger partial charge in [0, 0.05) is 37.6 Å². The molecule has 2 rings (SSSR count). The fourth-order valence-corrected chi connectivity index (χ4v) is 2.86. The maximum atomic E-state index is 12.2. The summed E-state index contributed by atoms with van der Waals surface area (Å²) in [5.41, 5.74) is 1.09. The van der Waals surface area contributed by atoms with Crippen LogP contribution in [0.3, 0.4) is 0 Å². The molecule has 1 N–H and O–H groups in total. The molecule has 2 amide bonds. The predicted molar refractivity (Wildman–Crippen MR) is 91.4 cm³/mol. The smallest absolute Gasteiger partial charge is 0.225 e. The van der Waals surface area contributed by atoms with E-state index >= 15 is 0 Å². The molecular weight excluding hydrogens is 314 g/mol. The van der Waals surface area contributed by atoms with Crippen molar-refractivity contribution in [1.29, 1.82) is 0 Å². The Morgan fingerprint density at radius 2 is 2.22 bits per heavy atom. The van der Waals surface area contributed by atoms with Gasteiger partial charge in [-0.2, -0.15) is 0 Å². The summed E-state index contributed by atoms with van der Waals surface area (Å²) in [7, 11) is 3.95. The topological polar surface area (TPSA) is 52.6 Å². The molecule has 23 heavy (non-hydrogen) atoms. The summed E-state index contributed by atoms with van der Waals surface area (Å²) in [6, 6.07) is 7.61. The van der Waals surface area contributed by atoms with Crippen molar-refractivity contribution in [2.45, 2.75) is 12.8 Å². The van der Waals surface area contributed by atoms with Crippen molar-refractivity contribution in [3.63, 3.8) is 0 Å². The van der Waals surface area contributed by atoms with Crippen LogP contribution in [0.5, 0.6) is 0 Å². The molecule has 1 unspecified atom stereocenters. The van der Waals surface area contributed by atoms with Gasteiger partial charge in [-0.05, 0) is 38.2 Å². The highest BCUT2D eigenvalue weighted by atomic mass is 35.5. The molecule has 5 nitrogen and oxygen atoms in total. The first-order chi connectivity index (χ1) is 11.0. The second-order valence-corrected chi connectivity index (χ2v) is 6.65. The molecule has 0 aliphatic carbocycles. The van der Waals surface area contributed by atoms with Crippen molar-refractivity contribution in [3.05, 3.63) is 34.9 Å². The van der Waals surface area contributed by atoms with E-state index in [-0.39, 0.29) is 17.7 Å². The highest BCUT2D eigenvalue weighted by Gasteiger charge is 2.33. The van der Waals surface area contributed by atoms with Gasteiger partial charge in [-0.3, -0.25) is 9.59 Å². The molecule has 1 heterocycles. The zero-order chi connectivity index (χ0) is 16.8. The van der Waals surface area contributed by atoms with Gasteiger partial charge in [0.2, 0.25) is 11.8 Å². The van der Waals surface area contributed by atoms with Gasteiger partial charge in [0.15, 0.2) is 0 Å². The van der Waals surface area contributed by atoms with Crippen LogP contribution in [0.1, 0.15) is 12.0 Å². The number of carbonyl (C=O) groups excluding carboxylic acids is 2. The number of halogens is 1. The van der Waals surface area contributed by atoms with Gasteiger partial charge in [0.05, 0.1) is 5.92 Å². The quantitative estimate of drug-likeness (QED) is 0.818. The average molecular weight is 338 g/mol. The lowest BCUT2D eigenvalue weighted by Crippen LogP contribution is -2.36. The summed E-state index contributed by atoms with van der Waals surface area (Å²) in [5.74, 6) is -0.196. The number of amides is 2. The lowest BCUT2D eigenvalue weighted by atomic mass is 10.1. The van der Waals surface area contributed by atoms with E-state index in [2.05, 4.69) is 5.32 Å². The van der Waals surface area contributed by atoms with Crippen molar-refractivity contribution < 1.29 is 9.59 Å². The first-order valence-corrected chi connectivity index (χ1v) is 8.28. The van der Waals surface area contributed by atoms with Crippen LogP contribution in [-0.2, 0) is 16.0 Å². The Hall–Kier alpha value is -1.59. The fraction of sp³-hybridized carbons (Fsp3) is 0.529. The summed E-state index contributed by atoms with van der Waals surface area (Å²) in [4.78, 5) is 28.0. The van der Waals surface area contributed by atoms with E-state index in [1.54, 1.807) is 4.90 Å². The van der Waals surface area contributed by atoms with E-state index in [0.29, 0.717) is 31.1 Å². The molecule has 1 aliphatic heterocycles. The molecular formula is C17H24ClN3O2. The van der Waals surface area contributed by atoms with Crippen LogP contribution in [0.15, 0.2) is 24.3 Å². The summed E-state index contributed by atoms with van der Waals surface area (Å²) < 4.78 is 0. The zero-order valence-electron chi connectivity index (χ0n) is 13.7. The van der Waals surface area contributed by atoms with Crippen LogP contribution in [0, 0.1) is 5.92 Å². The Kier molecular flexibility index (Phi) is 6.42. The number of hydrogen-bond donors (Lipinski definition) is 1. The highest BCUT2D eigenvalue weighted by Crippen LogP contribution is 2.17. The second kappa shape index (κ2) is 8.31. The standard InChI is InChI=1S/C17H24ClN3O2/c1-20(2)8-9-21-12-14(11-16(21)22)17(23)19-7-6-13-4-3-5-15(18)10-13/h3-5,10,14H,6-9,11-12H2,1-2H3,(H,19,23). The lowest BCUT2D eigenvalue weighted by Gasteiger charge is -2.19. The molecule has 0 aromatic heterocycles. The minimum atomic E-state index is -0.232. The number of likely N-dealkylation sites (tertiary alicyclic amines) is 1. The van der Waals surface area contributed by atoms with Gasteiger partial charge in [-0.25, -0.2) is 0 Å². The van der Waals surface area contributed by atoms with Crippen LogP contribution in [0.2, 0.25) is 5.02 Å². The minimum Gasteiger partial charge on any atom is -0.355 e. The van der Waals surface area contributed by atoms with Crippen molar-refractivity contribution in [1.82, 2.24) is 15.1 Å². The molecule has 126 valence electrons. The summed E-state index contributed by atoms with van der Waals surface area (Å²) in [6.45, 7) is 2.57. The van der Waals surface area contributed by atoms with Crippen molar-refractivity contribution >= 4 is 23.4 Å². The Balaban J connectivity index is 1.75. The molecule has 0 radical (unpaired) electrons. The van der Waals surface area contributed by atoms with Gasteiger partial charge in [-0.15, -0.1) is 0 Å². The normalized spacial score (nSPS) is 17.8. The predicted octanol–water partition coefficient (Wildman–Crippen LogP) is 1.41. The molecule has 1 fully saturated rings. The van der Waals surface area contributed by atoms with E-state index in [9.17, 15) is 9.59 Å². The largest absolute Gasteiger partial charge is 0.355 e. The van der Waals surface area contributed by atoms with E-state index in [1.807, 2.05) is 43.3 Å². The van der Waals surface area contributed by atoms with Gasteiger partial charge in [0.25, 0.3) is 0 Å². The van der Waals surface area contributed by atoms with Crippen LogP contribution in [-0.4, -0.2) is 61.9 Å². The molecule has 0 spiro atoms. The third-order valence-corrected chi connectivity index (χ3v) is 4.24. The summed E-state index contributed by atoms with van der Waals surface area (Å²) in [6.07, 6.45) is 1.05. The third-order valence-electron chi connectivity index (χ3n) is 4.00. The Bertz CT molecular complexity index is 563. The molecule has 1 saturated heterocycles. The van der Waals surface area contributed by atoms with E-state index in [1.165, 1.54) is 0 Å². The molecule has 6 heteroatoms. The Morgan fingerprint density at radius 3 is 2.91 bits per heavy atom. The monoisotopic (exact) mass is 337 g/mol. The van der Waals surface area contributed by atoms with Gasteiger partial charge in [-0.1, -0.05) is 23.7 Å². The van der Waals surface area contributed by atoms with Gasteiger partial charge < -0.3 is 15.1 Å². The number of likely N-dealkylation sites (N-methyl/N-ethyl adjacent to an activating group) is 1. The van der Waals surface area contributed by atoms with Crippen LogP contribution in [0.25, 0.3) is 0 Å². The van der Waals surface area contributed by atoms with Crippen molar-refractivity contribution in [3.8, 4) is 0 Å². The van der Waals surface area contributed by atoms with Crippen LogP contribution >= 0.6 is 11.6 Å². The summed E-state index contributed by atoms with van der Waals surface area (Å²) in [5, 5.41) is 3.63. The molecule has 1 aromatic rings. The Labute approximate surface area is 142 Å². The Morgan fingerprint density at radius 1 is 1.43 bits per heavy atom. The zero-order valence-corrected chi connectivity index (χ0v) is 14.5. The maximum absolute atomic E-state index is 12.2. The van der Waals surface area contributed by atoms with Gasteiger partial charge >= 0.3 is 0 Å². The molecule has 1 atom stereocenters. The fourth-order valence-electron chi connectivity index (χ4n) is 2.65. The van der Waals surface area contributed by atoms with E-state index < -0.39 is 0 Å². The van der Waals surface area contributed by atoms with Gasteiger partial charge in [0.1, 0.15) is 0 Å². The second-order valence-electron chi connectivity index (χ2n) is 6.22. The first kappa shape index (κ1) is 17.8. The van der Waals surface area contributed by atoms with E-state index in [4.69, 9.17) is 11.6 Å². The number of benzene rings is 1. The number of nitrogens with one attached hydrogen (secondary N) is 1. The molecule has 1 aromatic carbocycles. The van der Waals surface area contributed by atoms with Crippen molar-refractivity contribution in [2.24, 2.45) is 5.92 Å². The minimum absolute atomic E-state index is 0.0345. The number of carbonyl (C=O) groups is 2. The van der Waals surface area contributed by atoms with E-state index in [0.717, 1.165) is 18.5 Å². The SMILES string of the molecule is CN(C)CCN1CC(C(=O)NCCc2cccc(Cl)c2)CC1=O. The molecule has 1 aliphatic rings. The number of rotatable bonds is 7. The summed E-state index contributed by atoms with van der Waals surface area (Å²) >= 11 is 5.94. The first-order valence-electron chi connectivity index (χ1n) is 7.90. The molecule has 0 saturated carbocycles. The van der Waals surface area contributed by atoms with Crippen molar-refractivity contribution in [2.75, 3.05) is 40.3 Å².